The van der Waals surface area contributed by atoms with Crippen LogP contribution in [0.25, 0.3) is 6.08 Å². The summed E-state index contributed by atoms with van der Waals surface area (Å²) < 4.78 is 5.11. The van der Waals surface area contributed by atoms with Crippen molar-refractivity contribution in [2.45, 2.75) is 6.92 Å². The molecule has 1 N–H and O–H groups in total. The molecule has 2 heterocycles. The van der Waals surface area contributed by atoms with Gasteiger partial charge in [0.15, 0.2) is 0 Å². The number of carbonyl (C=O) groups is 3. The summed E-state index contributed by atoms with van der Waals surface area (Å²) >= 11 is 0. The zero-order chi connectivity index (χ0) is 15.7. The second-order valence-electron chi connectivity index (χ2n) is 4.81. The van der Waals surface area contributed by atoms with Crippen molar-refractivity contribution >= 4 is 29.6 Å². The van der Waals surface area contributed by atoms with Crippen LogP contribution in [0.15, 0.2) is 52.7 Å². The highest BCUT2D eigenvalue weighted by atomic mass is 16.3. The third-order valence-corrected chi connectivity index (χ3v) is 3.19. The fourth-order valence-electron chi connectivity index (χ4n) is 2.17. The number of benzene rings is 1. The molecule has 6 heteroatoms. The number of nitrogens with zero attached hydrogens (tertiary/aromatic N) is 1. The number of aryl methyl sites for hydroxylation is 1. The Morgan fingerprint density at radius 3 is 2.64 bits per heavy atom. The quantitative estimate of drug-likeness (QED) is 0.681. The maximum atomic E-state index is 12.5. The van der Waals surface area contributed by atoms with Crippen molar-refractivity contribution in [3.8, 4) is 0 Å². The van der Waals surface area contributed by atoms with Crippen LogP contribution in [0.2, 0.25) is 0 Å². The van der Waals surface area contributed by atoms with Gasteiger partial charge >= 0.3 is 6.03 Å². The van der Waals surface area contributed by atoms with Gasteiger partial charge in [0.25, 0.3) is 11.8 Å². The van der Waals surface area contributed by atoms with Crippen LogP contribution in [0.3, 0.4) is 0 Å². The van der Waals surface area contributed by atoms with E-state index in [0.717, 1.165) is 10.5 Å². The summed E-state index contributed by atoms with van der Waals surface area (Å²) in [7, 11) is 0. The van der Waals surface area contributed by atoms with Crippen molar-refractivity contribution in [2.75, 3.05) is 4.90 Å². The number of amides is 4. The fourth-order valence-corrected chi connectivity index (χ4v) is 2.17. The second-order valence-corrected chi connectivity index (χ2v) is 4.81. The molecule has 1 fully saturated rings. The maximum absolute atomic E-state index is 12.5. The molecule has 0 radical (unpaired) electrons. The summed E-state index contributed by atoms with van der Waals surface area (Å²) in [5.41, 5.74) is 1.14. The summed E-state index contributed by atoms with van der Waals surface area (Å²) in [6.45, 7) is 1.85. The van der Waals surface area contributed by atoms with E-state index in [1.807, 2.05) is 13.0 Å². The second kappa shape index (κ2) is 5.33. The number of anilines is 1. The van der Waals surface area contributed by atoms with Gasteiger partial charge in [0.05, 0.1) is 12.0 Å². The zero-order valence-electron chi connectivity index (χ0n) is 11.7. The van der Waals surface area contributed by atoms with E-state index in [2.05, 4.69) is 5.32 Å². The van der Waals surface area contributed by atoms with E-state index in [0.29, 0.717) is 11.4 Å². The lowest BCUT2D eigenvalue weighted by molar-refractivity contribution is -0.122. The van der Waals surface area contributed by atoms with Gasteiger partial charge in [-0.25, -0.2) is 9.69 Å². The third-order valence-electron chi connectivity index (χ3n) is 3.19. The van der Waals surface area contributed by atoms with Gasteiger partial charge < -0.3 is 4.42 Å². The van der Waals surface area contributed by atoms with Crippen LogP contribution in [-0.4, -0.2) is 17.8 Å². The first kappa shape index (κ1) is 13.8. The SMILES string of the molecule is Cc1cccc(N2C(=O)NC(=O)/C(=C/c3ccco3)C2=O)c1. The molecular weight excluding hydrogens is 284 g/mol. The van der Waals surface area contributed by atoms with Gasteiger partial charge in [-0.2, -0.15) is 0 Å². The normalized spacial score (nSPS) is 17.0. The van der Waals surface area contributed by atoms with E-state index in [9.17, 15) is 14.4 Å². The Kier molecular flexibility index (Phi) is 3.34. The molecule has 22 heavy (non-hydrogen) atoms. The predicted molar refractivity (Wildman–Crippen MR) is 78.9 cm³/mol. The van der Waals surface area contributed by atoms with Gasteiger partial charge in [0.2, 0.25) is 0 Å². The molecule has 0 spiro atoms. The lowest BCUT2D eigenvalue weighted by Gasteiger charge is -2.26. The van der Waals surface area contributed by atoms with Crippen molar-refractivity contribution in [1.82, 2.24) is 5.32 Å². The van der Waals surface area contributed by atoms with Crippen LogP contribution >= 0.6 is 0 Å². The molecule has 0 unspecified atom stereocenters. The first-order valence-corrected chi connectivity index (χ1v) is 6.58. The minimum absolute atomic E-state index is 0.156. The van der Waals surface area contributed by atoms with Gasteiger partial charge in [-0.05, 0) is 42.8 Å². The lowest BCUT2D eigenvalue weighted by Crippen LogP contribution is -2.54. The number of nitrogens with one attached hydrogen (secondary N) is 1. The average molecular weight is 296 g/mol. The van der Waals surface area contributed by atoms with Gasteiger partial charge in [-0.15, -0.1) is 0 Å². The van der Waals surface area contributed by atoms with E-state index in [1.165, 1.54) is 12.3 Å². The average Bonchev–Trinajstić information content (AvgIpc) is 2.96. The topological polar surface area (TPSA) is 79.6 Å². The van der Waals surface area contributed by atoms with E-state index in [-0.39, 0.29) is 5.57 Å². The molecule has 1 aliphatic rings. The standard InChI is InChI=1S/C16H12N2O4/c1-10-4-2-5-11(8-10)18-15(20)13(14(19)17-16(18)21)9-12-6-3-7-22-12/h2-9H,1H3,(H,17,19,21)/b13-9-. The Hall–Kier alpha value is -3.15. The maximum Gasteiger partial charge on any atom is 0.335 e. The fraction of sp³-hybridized carbons (Fsp3) is 0.0625. The monoisotopic (exact) mass is 296 g/mol. The van der Waals surface area contributed by atoms with E-state index in [1.54, 1.807) is 30.3 Å². The van der Waals surface area contributed by atoms with E-state index >= 15 is 0 Å². The summed E-state index contributed by atoms with van der Waals surface area (Å²) in [6, 6.07) is 9.39. The Morgan fingerprint density at radius 1 is 1.14 bits per heavy atom. The molecule has 0 atom stereocenters. The van der Waals surface area contributed by atoms with Gasteiger partial charge in [-0.3, -0.25) is 14.9 Å². The largest absolute Gasteiger partial charge is 0.465 e. The molecule has 1 aromatic carbocycles. The van der Waals surface area contributed by atoms with Crippen LogP contribution < -0.4 is 10.2 Å². The summed E-state index contributed by atoms with van der Waals surface area (Å²) in [5.74, 6) is -1.07. The Labute approximate surface area is 126 Å². The molecule has 6 nitrogen and oxygen atoms in total. The van der Waals surface area contributed by atoms with E-state index in [4.69, 9.17) is 4.42 Å². The van der Waals surface area contributed by atoms with Gasteiger partial charge in [-0.1, -0.05) is 12.1 Å². The van der Waals surface area contributed by atoms with Gasteiger partial charge in [0.1, 0.15) is 11.3 Å². The first-order valence-electron chi connectivity index (χ1n) is 6.58. The third kappa shape index (κ3) is 2.42. The summed E-state index contributed by atoms with van der Waals surface area (Å²) in [4.78, 5) is 37.3. The molecule has 1 aliphatic heterocycles. The van der Waals surface area contributed by atoms with Gasteiger partial charge in [0, 0.05) is 0 Å². The lowest BCUT2D eigenvalue weighted by atomic mass is 10.1. The zero-order valence-corrected chi connectivity index (χ0v) is 11.7. The smallest absolute Gasteiger partial charge is 0.335 e. The highest BCUT2D eigenvalue weighted by Gasteiger charge is 2.36. The van der Waals surface area contributed by atoms with Crippen LogP contribution in [0.1, 0.15) is 11.3 Å². The Morgan fingerprint density at radius 2 is 1.95 bits per heavy atom. The highest BCUT2D eigenvalue weighted by Crippen LogP contribution is 2.22. The molecule has 0 bridgehead atoms. The predicted octanol–water partition coefficient (Wildman–Crippen LogP) is 2.25. The van der Waals surface area contributed by atoms with E-state index < -0.39 is 17.8 Å². The van der Waals surface area contributed by atoms with Crippen molar-refractivity contribution in [2.24, 2.45) is 0 Å². The minimum atomic E-state index is -0.766. The Balaban J connectivity index is 2.03. The Bertz CT molecular complexity index is 790. The van der Waals surface area contributed by atoms with Crippen molar-refractivity contribution in [3.63, 3.8) is 0 Å². The van der Waals surface area contributed by atoms with Crippen LogP contribution in [0.5, 0.6) is 0 Å². The number of barbiturate groups is 1. The number of carbonyl (C=O) groups excluding carboxylic acids is 3. The molecule has 3 rings (SSSR count). The van der Waals surface area contributed by atoms with Crippen molar-refractivity contribution < 1.29 is 18.8 Å². The van der Waals surface area contributed by atoms with Crippen LogP contribution in [0.4, 0.5) is 10.5 Å². The first-order chi connectivity index (χ1) is 10.6. The number of furan rings is 1. The highest BCUT2D eigenvalue weighted by molar-refractivity contribution is 6.39. The molecule has 1 saturated heterocycles. The van der Waals surface area contributed by atoms with Crippen molar-refractivity contribution in [1.29, 1.82) is 0 Å². The summed E-state index contributed by atoms with van der Waals surface area (Å²) in [6.07, 6.45) is 2.74. The number of imide groups is 2. The molecule has 1 aromatic heterocycles. The number of rotatable bonds is 2. The van der Waals surface area contributed by atoms with Crippen LogP contribution in [0, 0.1) is 6.92 Å². The van der Waals surface area contributed by atoms with Crippen LogP contribution in [-0.2, 0) is 9.59 Å². The summed E-state index contributed by atoms with van der Waals surface area (Å²) in [5, 5.41) is 2.16. The van der Waals surface area contributed by atoms with Crippen molar-refractivity contribution in [3.05, 3.63) is 59.6 Å². The molecule has 4 amide bonds. The molecule has 0 aliphatic carbocycles. The molecule has 2 aromatic rings. The molecular formula is C16H12N2O4. The minimum Gasteiger partial charge on any atom is -0.465 e. The number of urea groups is 1. The number of hydrogen-bond donors (Lipinski definition) is 1. The number of hydrogen-bond acceptors (Lipinski definition) is 4. The molecule has 0 saturated carbocycles. The molecule has 110 valence electrons.